The molecular weight excluding hydrogens is 2430 g/mol. The van der Waals surface area contributed by atoms with E-state index in [1.54, 1.807) is 39.8 Å². The first-order valence-electron chi connectivity index (χ1n) is 45.9. The first-order valence-corrected chi connectivity index (χ1v) is 60.4. The smallest absolute Gasteiger partial charge is 0.0798 e. The van der Waals surface area contributed by atoms with Crippen LogP contribution in [0.4, 0.5) is 0 Å². The van der Waals surface area contributed by atoms with E-state index in [0.717, 1.165) is 74.9 Å². The second kappa shape index (κ2) is 47.3. The van der Waals surface area contributed by atoms with Crippen molar-refractivity contribution in [2.24, 2.45) is 23.2 Å². The van der Waals surface area contributed by atoms with Crippen LogP contribution in [0.5, 0.6) is 0 Å². The summed E-state index contributed by atoms with van der Waals surface area (Å²) in [6, 6.07) is 49.6. The molecule has 5 heterocycles. The summed E-state index contributed by atoms with van der Waals surface area (Å²) in [6.45, 7) is 64.2. The van der Waals surface area contributed by atoms with Crippen molar-refractivity contribution in [2.45, 2.75) is 305 Å². The number of rotatable bonds is 17. The number of aromatic nitrogens is 5. The summed E-state index contributed by atoms with van der Waals surface area (Å²) in [6.07, 6.45) is 27.6. The third-order valence-corrected chi connectivity index (χ3v) is 32.7. The van der Waals surface area contributed by atoms with Crippen LogP contribution in [0, 0.1) is 116 Å². The van der Waals surface area contributed by atoms with Gasteiger partial charge >= 0.3 is 0 Å². The molecule has 5 nitrogen and oxygen atoms in total. The Kier molecular flexibility index (Phi) is 39.4. The second-order valence-electron chi connectivity index (χ2n) is 41.6. The van der Waals surface area contributed by atoms with Crippen LogP contribution in [-0.4, -0.2) is 65.3 Å². The predicted molar refractivity (Wildman–Crippen MR) is 516 cm³/mol. The van der Waals surface area contributed by atoms with Crippen LogP contribution in [0.1, 0.15) is 199 Å². The van der Waals surface area contributed by atoms with Crippen molar-refractivity contribution in [3.8, 4) is 56.3 Å². The van der Waals surface area contributed by atoms with Gasteiger partial charge in [0.2, 0.25) is 0 Å². The molecule has 0 saturated heterocycles. The van der Waals surface area contributed by atoms with E-state index in [-0.39, 0.29) is 117 Å². The molecule has 2 aliphatic rings. The minimum Gasteiger partial charge on any atom is -0.305 e. The topological polar surface area (TPSA) is 64.5 Å². The molecule has 0 aliphatic heterocycles. The van der Waals surface area contributed by atoms with Crippen molar-refractivity contribution >= 4 is 66.3 Å². The molecule has 0 atom stereocenters. The molecule has 0 amide bonds. The van der Waals surface area contributed by atoms with Gasteiger partial charge in [-0.15, -0.1) is 175 Å². The zero-order valence-electron chi connectivity index (χ0n) is 84.5. The Balaban J connectivity index is 0.000000403. The second-order valence-corrected chi connectivity index (χ2v) is 66.8. The van der Waals surface area contributed by atoms with E-state index in [9.17, 15) is 0 Å². The molecule has 2 saturated carbocycles. The maximum absolute atomic E-state index is 7.81. The molecule has 0 bridgehead atoms. The van der Waals surface area contributed by atoms with Crippen molar-refractivity contribution in [1.82, 2.24) is 24.9 Å². The zero-order valence-corrected chi connectivity index (χ0v) is 95.4. The van der Waals surface area contributed by atoms with Crippen LogP contribution in [0.3, 0.4) is 0 Å². The zero-order chi connectivity index (χ0) is 90.1. The molecule has 5 aromatic heterocycles. The molecule has 661 valence electrons. The first-order chi connectivity index (χ1) is 55.8. The largest absolute Gasteiger partial charge is 0.305 e. The Bertz CT molecular complexity index is 5170. The van der Waals surface area contributed by atoms with E-state index >= 15 is 0 Å². The molecule has 5 radical (unpaired) electrons. The average molecular weight is 2590 g/mol. The van der Waals surface area contributed by atoms with Crippen molar-refractivity contribution in [3.63, 3.8) is 0 Å². The van der Waals surface area contributed by atoms with E-state index in [1.165, 1.54) is 149 Å². The monoisotopic (exact) mass is 2590 g/mol. The number of hydrogen-bond acceptors (Lipinski definition) is 5. The van der Waals surface area contributed by atoms with Gasteiger partial charge in [0.05, 0.1) is 40.4 Å². The van der Waals surface area contributed by atoms with Gasteiger partial charge in [-0.05, 0) is 116 Å². The summed E-state index contributed by atoms with van der Waals surface area (Å²) in [5, 5.41) is 6.88. The summed E-state index contributed by atoms with van der Waals surface area (Å²) < 4.78 is 45.6. The van der Waals surface area contributed by atoms with Gasteiger partial charge in [0.25, 0.3) is 0 Å². The summed E-state index contributed by atoms with van der Waals surface area (Å²) >= 11 is 0. The van der Waals surface area contributed by atoms with Gasteiger partial charge in [0, 0.05) is 140 Å². The van der Waals surface area contributed by atoms with Gasteiger partial charge in [-0.3, -0.25) is 0 Å². The standard InChI is InChI=1S/C25H36NSi.C23H32NSi.C21H30NSi.C20H28NSi.C16H20NSi.5Ir/c1-18-14-21(25(2,3)4)12-13-22(18)23-16-20(15-19-10-8-9-11-19)24(17-26-23)27(5,6)7;1-17-11-12-21(18(2)13-17)22-15-20(14-19-9-7-6-8-10-19)23(16-24-22)25(3,4)5;1-15-9-10-18(16(2)11-15)19-12-17(13-21(3,4)5)20(14-22-19)23(6,7)8;1-14(2)10-17-12-19(21-13-20(17)22(5,6)7)18-9-8-15(3)11-16(18)4;1-12-6-8-14(9-7-12)15-10-13(2)16(11-17-15)18(3,4)5;;;;;/h12,14,16-17,19H,8-11,15H2,1-7H3;11,13,15-16,19H,6-10,14H2,1-5H3;9,11-12,14H,13H2,1-8H3;8,11-14H,10H2,1-7H3;6-8,10-11H,1-5H3;;;;;/q5*-1;;;;;/i;;;;1D3,2D3;;;;;. The predicted octanol–water partition coefficient (Wildman–Crippen LogP) is 26.2. The molecule has 0 unspecified atom stereocenters. The SMILES string of the molecule is Cc1c[c-]c(-c2cc(CC(C)(C)C)c([Si](C)(C)C)cn2)c(C)c1.Cc1c[c-]c(-c2cc(CC(C)C)c([Si](C)(C)C)cn2)c(C)c1.Cc1c[c-]c(-c2cc(CC3CCCCC3)c([Si](C)(C)C)cn2)c(C)c1.Cc1cc(C(C)(C)C)c[c-]c1-c1cc(CC2CCCC2)c([Si](C)(C)C)cn1.[2H]C([2H])([2H])c1c[c-]c(-c2cc(C([2H])([2H])[2H])c([Si](C)(C)C)cn2)cc1.[Ir].[Ir].[Ir].[Ir].[Ir]. The summed E-state index contributed by atoms with van der Waals surface area (Å²) in [7, 11) is -7.39. The molecule has 15 heteroatoms. The van der Waals surface area contributed by atoms with Gasteiger partial charge in [-0.1, -0.05) is 325 Å². The first kappa shape index (κ1) is 100.0. The van der Waals surface area contributed by atoms with Crippen LogP contribution in [0.2, 0.25) is 98.2 Å². The van der Waals surface area contributed by atoms with E-state index in [0.29, 0.717) is 22.7 Å². The van der Waals surface area contributed by atoms with Crippen LogP contribution in [-0.2, 0) is 132 Å². The van der Waals surface area contributed by atoms with Crippen LogP contribution >= 0.6 is 0 Å². The van der Waals surface area contributed by atoms with Gasteiger partial charge < -0.3 is 24.9 Å². The summed E-state index contributed by atoms with van der Waals surface area (Å²) in [5.74, 6) is 2.39. The number of pyridine rings is 5. The Morgan fingerprint density at radius 2 is 0.683 bits per heavy atom. The summed E-state index contributed by atoms with van der Waals surface area (Å²) in [4.78, 5) is 23.7. The van der Waals surface area contributed by atoms with Gasteiger partial charge in [-0.25, -0.2) is 0 Å². The van der Waals surface area contributed by atoms with Gasteiger partial charge in [0.15, 0.2) is 0 Å². The van der Waals surface area contributed by atoms with Crippen LogP contribution in [0.25, 0.3) is 56.3 Å². The molecule has 5 aromatic carbocycles. The van der Waals surface area contributed by atoms with Crippen molar-refractivity contribution < 1.29 is 109 Å². The van der Waals surface area contributed by atoms with E-state index in [4.69, 9.17) is 28.2 Å². The van der Waals surface area contributed by atoms with Crippen molar-refractivity contribution in [1.29, 1.82) is 0 Å². The molecule has 12 rings (SSSR count). The Morgan fingerprint density at radius 1 is 0.358 bits per heavy atom. The quantitative estimate of drug-likeness (QED) is 0.0671. The van der Waals surface area contributed by atoms with Crippen LogP contribution in [0.15, 0.2) is 128 Å². The maximum Gasteiger partial charge on any atom is 0.0798 e. The van der Waals surface area contributed by atoms with Gasteiger partial charge in [0.1, 0.15) is 0 Å². The number of aryl methyl sites for hydroxylation is 9. The van der Waals surface area contributed by atoms with Crippen molar-refractivity contribution in [2.75, 3.05) is 0 Å². The molecule has 2 fully saturated rings. The Morgan fingerprint density at radius 3 is 1.01 bits per heavy atom. The molecular formula is C105H146Ir5N5Si5-5. The van der Waals surface area contributed by atoms with E-state index < -0.39 is 54.1 Å². The Labute approximate surface area is 812 Å². The molecule has 10 aromatic rings. The van der Waals surface area contributed by atoms with Crippen molar-refractivity contribution in [3.05, 3.63) is 236 Å². The minimum atomic E-state index is -2.22. The maximum atomic E-state index is 7.81. The Hall–Kier alpha value is -3.82. The number of hydrogen-bond donors (Lipinski definition) is 0. The van der Waals surface area contributed by atoms with E-state index in [1.807, 2.05) is 0 Å². The van der Waals surface area contributed by atoms with Gasteiger partial charge in [-0.2, -0.15) is 0 Å². The number of benzene rings is 5. The third kappa shape index (κ3) is 32.8. The normalized spacial score (nSPS) is 14.3. The minimum absolute atomic E-state index is 0. The molecule has 0 N–H and O–H groups in total. The fourth-order valence-corrected chi connectivity index (χ4v) is 24.0. The van der Waals surface area contributed by atoms with Crippen LogP contribution < -0.4 is 25.9 Å². The number of nitrogens with zero attached hydrogens (tertiary/aromatic N) is 5. The molecule has 120 heavy (non-hydrogen) atoms. The fourth-order valence-electron chi connectivity index (χ4n) is 16.3. The third-order valence-electron chi connectivity index (χ3n) is 22.4. The molecule has 0 spiro atoms. The summed E-state index contributed by atoms with van der Waals surface area (Å²) in [5.41, 5.74) is 27.2. The van der Waals surface area contributed by atoms with E-state index in [2.05, 4.69) is 335 Å². The average Bonchev–Trinajstić information content (AvgIpc) is 0.825. The fraction of sp³-hybridized carbons (Fsp3) is 0.476. The molecule has 2 aliphatic carbocycles.